The van der Waals surface area contributed by atoms with Crippen molar-refractivity contribution in [2.24, 2.45) is 0 Å². The second-order valence-corrected chi connectivity index (χ2v) is 5.83. The number of aryl methyl sites for hydroxylation is 2. The van der Waals surface area contributed by atoms with Crippen LogP contribution in [0.5, 0.6) is 0 Å². The number of halogens is 1. The van der Waals surface area contributed by atoms with Crippen LogP contribution in [-0.2, 0) is 0 Å². The Morgan fingerprint density at radius 2 is 1.71 bits per heavy atom. The van der Waals surface area contributed by atoms with E-state index in [2.05, 4.69) is 26.6 Å². The summed E-state index contributed by atoms with van der Waals surface area (Å²) in [7, 11) is 0. The third kappa shape index (κ3) is 3.85. The van der Waals surface area contributed by atoms with E-state index < -0.39 is 0 Å². The Morgan fingerprint density at radius 1 is 1.05 bits per heavy atom. The minimum atomic E-state index is -0.0859. The van der Waals surface area contributed by atoms with Gasteiger partial charge in [-0.15, -0.1) is 0 Å². The quantitative estimate of drug-likeness (QED) is 0.838. The van der Waals surface area contributed by atoms with Crippen molar-refractivity contribution in [3.63, 3.8) is 0 Å². The van der Waals surface area contributed by atoms with Crippen LogP contribution in [-0.4, -0.2) is 12.5 Å². The average molecular weight is 347 g/mol. The molecule has 2 rings (SSSR count). The van der Waals surface area contributed by atoms with Crippen molar-refractivity contribution < 1.29 is 4.79 Å². The molecule has 1 amide bonds. The Morgan fingerprint density at radius 3 is 2.33 bits per heavy atom. The highest BCUT2D eigenvalue weighted by Crippen LogP contribution is 2.21. The molecular weight excluding hydrogens is 328 g/mol. The number of hydrogen-bond donors (Lipinski definition) is 2. The van der Waals surface area contributed by atoms with Gasteiger partial charge in [0.2, 0.25) is 0 Å². The van der Waals surface area contributed by atoms with Crippen LogP contribution in [0, 0.1) is 13.8 Å². The van der Waals surface area contributed by atoms with Gasteiger partial charge in [-0.25, -0.2) is 0 Å². The van der Waals surface area contributed by atoms with Gasteiger partial charge in [-0.05, 0) is 68.3 Å². The van der Waals surface area contributed by atoms with Gasteiger partial charge in [0, 0.05) is 28.0 Å². The van der Waals surface area contributed by atoms with E-state index in [-0.39, 0.29) is 5.91 Å². The van der Waals surface area contributed by atoms with E-state index in [1.54, 1.807) is 0 Å². The lowest BCUT2D eigenvalue weighted by Crippen LogP contribution is -2.13. The van der Waals surface area contributed by atoms with Gasteiger partial charge in [-0.3, -0.25) is 4.79 Å². The number of carbonyl (C=O) groups is 1. The lowest BCUT2D eigenvalue weighted by atomic mass is 10.1. The molecule has 0 atom stereocenters. The highest BCUT2D eigenvalue weighted by molar-refractivity contribution is 9.10. The summed E-state index contributed by atoms with van der Waals surface area (Å²) in [4.78, 5) is 12.4. The van der Waals surface area contributed by atoms with Crippen molar-refractivity contribution >= 4 is 33.2 Å². The van der Waals surface area contributed by atoms with E-state index in [1.807, 2.05) is 57.2 Å². The van der Waals surface area contributed by atoms with Crippen LogP contribution >= 0.6 is 15.9 Å². The number of hydrogen-bond acceptors (Lipinski definition) is 2. The summed E-state index contributed by atoms with van der Waals surface area (Å²) in [6, 6.07) is 11.5. The second kappa shape index (κ2) is 6.76. The standard InChI is InChI=1S/C17H19BrN2O/c1-4-19-13-5-7-15(11(2)9-13)17(21)20-14-6-8-16(18)12(3)10-14/h5-10,19H,4H2,1-3H3,(H,20,21). The van der Waals surface area contributed by atoms with Crippen LogP contribution in [0.3, 0.4) is 0 Å². The van der Waals surface area contributed by atoms with Crippen LogP contribution in [0.15, 0.2) is 40.9 Å². The maximum atomic E-state index is 12.4. The molecule has 0 saturated carbocycles. The van der Waals surface area contributed by atoms with Crippen molar-refractivity contribution in [3.05, 3.63) is 57.6 Å². The molecule has 0 aromatic heterocycles. The summed E-state index contributed by atoms with van der Waals surface area (Å²) in [6.07, 6.45) is 0. The first-order valence-electron chi connectivity index (χ1n) is 6.93. The lowest BCUT2D eigenvalue weighted by Gasteiger charge is -2.11. The maximum Gasteiger partial charge on any atom is 0.255 e. The number of carbonyl (C=O) groups excluding carboxylic acids is 1. The van der Waals surface area contributed by atoms with Crippen molar-refractivity contribution in [1.82, 2.24) is 0 Å². The molecule has 0 aliphatic carbocycles. The molecule has 0 spiro atoms. The molecule has 2 N–H and O–H groups in total. The highest BCUT2D eigenvalue weighted by atomic mass is 79.9. The SMILES string of the molecule is CCNc1ccc(C(=O)Nc2ccc(Br)c(C)c2)c(C)c1. The molecule has 110 valence electrons. The van der Waals surface area contributed by atoms with Crippen LogP contribution in [0.1, 0.15) is 28.4 Å². The first-order valence-corrected chi connectivity index (χ1v) is 7.72. The molecule has 0 aliphatic rings. The fraction of sp³-hybridized carbons (Fsp3) is 0.235. The van der Waals surface area contributed by atoms with Gasteiger partial charge in [0.1, 0.15) is 0 Å². The van der Waals surface area contributed by atoms with Crippen LogP contribution in [0.2, 0.25) is 0 Å². The first kappa shape index (κ1) is 15.6. The summed E-state index contributed by atoms with van der Waals surface area (Å²) in [5.41, 5.74) is 4.57. The van der Waals surface area contributed by atoms with Gasteiger partial charge in [0.05, 0.1) is 0 Å². The molecule has 0 fully saturated rings. The molecule has 0 aliphatic heterocycles. The zero-order chi connectivity index (χ0) is 15.4. The molecule has 4 heteroatoms. The number of anilines is 2. The summed E-state index contributed by atoms with van der Waals surface area (Å²) >= 11 is 3.46. The number of benzene rings is 2. The molecule has 0 radical (unpaired) electrons. The zero-order valence-electron chi connectivity index (χ0n) is 12.5. The monoisotopic (exact) mass is 346 g/mol. The smallest absolute Gasteiger partial charge is 0.255 e. The van der Waals surface area contributed by atoms with E-state index in [0.717, 1.165) is 33.5 Å². The van der Waals surface area contributed by atoms with Gasteiger partial charge >= 0.3 is 0 Å². The summed E-state index contributed by atoms with van der Waals surface area (Å²) in [5.74, 6) is -0.0859. The summed E-state index contributed by atoms with van der Waals surface area (Å²) in [5, 5.41) is 6.18. The fourth-order valence-electron chi connectivity index (χ4n) is 2.15. The predicted octanol–water partition coefficient (Wildman–Crippen LogP) is 4.75. The van der Waals surface area contributed by atoms with Gasteiger partial charge in [-0.2, -0.15) is 0 Å². The molecule has 3 nitrogen and oxygen atoms in total. The zero-order valence-corrected chi connectivity index (χ0v) is 14.0. The maximum absolute atomic E-state index is 12.4. The summed E-state index contributed by atoms with van der Waals surface area (Å²) < 4.78 is 1.03. The Hall–Kier alpha value is -1.81. The average Bonchev–Trinajstić information content (AvgIpc) is 2.43. The van der Waals surface area contributed by atoms with Crippen molar-refractivity contribution in [2.45, 2.75) is 20.8 Å². The van der Waals surface area contributed by atoms with E-state index >= 15 is 0 Å². The number of nitrogens with one attached hydrogen (secondary N) is 2. The minimum Gasteiger partial charge on any atom is -0.385 e. The molecule has 2 aromatic carbocycles. The Kier molecular flexibility index (Phi) is 5.02. The lowest BCUT2D eigenvalue weighted by molar-refractivity contribution is 0.102. The molecule has 0 bridgehead atoms. The van der Waals surface area contributed by atoms with Gasteiger partial charge in [0.15, 0.2) is 0 Å². The summed E-state index contributed by atoms with van der Waals surface area (Å²) in [6.45, 7) is 6.85. The molecule has 0 saturated heterocycles. The van der Waals surface area contributed by atoms with E-state index in [0.29, 0.717) is 5.56 Å². The topological polar surface area (TPSA) is 41.1 Å². The molecule has 2 aromatic rings. The van der Waals surface area contributed by atoms with Gasteiger partial charge in [-0.1, -0.05) is 15.9 Å². The predicted molar refractivity (Wildman–Crippen MR) is 92.2 cm³/mol. The molecular formula is C17H19BrN2O. The van der Waals surface area contributed by atoms with Gasteiger partial charge < -0.3 is 10.6 Å². The second-order valence-electron chi connectivity index (χ2n) is 4.98. The molecule has 0 heterocycles. The molecule has 21 heavy (non-hydrogen) atoms. The third-order valence-electron chi connectivity index (χ3n) is 3.27. The largest absolute Gasteiger partial charge is 0.385 e. The van der Waals surface area contributed by atoms with E-state index in [9.17, 15) is 4.79 Å². The normalized spacial score (nSPS) is 10.3. The Balaban J connectivity index is 2.18. The van der Waals surface area contributed by atoms with Crippen LogP contribution in [0.25, 0.3) is 0 Å². The first-order chi connectivity index (χ1) is 10.0. The third-order valence-corrected chi connectivity index (χ3v) is 4.16. The fourth-order valence-corrected chi connectivity index (χ4v) is 2.40. The van der Waals surface area contributed by atoms with Crippen molar-refractivity contribution in [1.29, 1.82) is 0 Å². The highest BCUT2D eigenvalue weighted by Gasteiger charge is 2.10. The minimum absolute atomic E-state index is 0.0859. The van der Waals surface area contributed by atoms with E-state index in [1.165, 1.54) is 0 Å². The molecule has 0 unspecified atom stereocenters. The number of rotatable bonds is 4. The van der Waals surface area contributed by atoms with Crippen LogP contribution in [0.4, 0.5) is 11.4 Å². The number of amides is 1. The van der Waals surface area contributed by atoms with Gasteiger partial charge in [0.25, 0.3) is 5.91 Å². The van der Waals surface area contributed by atoms with E-state index in [4.69, 9.17) is 0 Å². The Bertz CT molecular complexity index is 668. The Labute approximate surface area is 133 Å². The van der Waals surface area contributed by atoms with Crippen LogP contribution < -0.4 is 10.6 Å². The van der Waals surface area contributed by atoms with Crippen molar-refractivity contribution in [3.8, 4) is 0 Å². The van der Waals surface area contributed by atoms with Crippen molar-refractivity contribution in [2.75, 3.05) is 17.2 Å².